The molecule has 0 unspecified atom stereocenters. The van der Waals surface area contributed by atoms with Gasteiger partial charge in [-0.1, -0.05) is 25.7 Å². The van der Waals surface area contributed by atoms with E-state index in [0.717, 1.165) is 32.2 Å². The fourth-order valence-corrected chi connectivity index (χ4v) is 5.03. The number of hydrogen-bond acceptors (Lipinski definition) is 8. The van der Waals surface area contributed by atoms with E-state index in [4.69, 9.17) is 11.6 Å². The summed E-state index contributed by atoms with van der Waals surface area (Å²) in [6, 6.07) is 0. The quantitative estimate of drug-likeness (QED) is 0.211. The highest BCUT2D eigenvalue weighted by Crippen LogP contribution is 2.32. The Bertz CT molecular complexity index is 853. The van der Waals surface area contributed by atoms with Crippen molar-refractivity contribution < 1.29 is 19.2 Å². The van der Waals surface area contributed by atoms with Crippen LogP contribution in [0.25, 0.3) is 0 Å². The van der Waals surface area contributed by atoms with Crippen LogP contribution in [-0.2, 0) is 9.59 Å². The summed E-state index contributed by atoms with van der Waals surface area (Å²) in [5.74, 6) is -1.69. The summed E-state index contributed by atoms with van der Waals surface area (Å²) in [5, 5.41) is 9.93. The molecule has 0 aromatic carbocycles. The van der Waals surface area contributed by atoms with Crippen LogP contribution in [0.5, 0.6) is 0 Å². The molecule has 2 fully saturated rings. The number of piperazine rings is 1. The molecule has 1 aromatic heterocycles. The number of aromatic nitrogens is 2. The van der Waals surface area contributed by atoms with Gasteiger partial charge in [-0.15, -0.1) is 0 Å². The van der Waals surface area contributed by atoms with Crippen molar-refractivity contribution >= 4 is 35.6 Å². The molecular formula is C21H33ClFN7O3. The zero-order valence-corrected chi connectivity index (χ0v) is 20.1. The predicted octanol–water partition coefficient (Wildman–Crippen LogP) is 2.29. The second-order valence-electron chi connectivity index (χ2n) is 9.61. The molecule has 2 amide bonds. The van der Waals surface area contributed by atoms with E-state index in [-0.39, 0.29) is 29.9 Å². The van der Waals surface area contributed by atoms with Gasteiger partial charge < -0.3 is 9.80 Å². The summed E-state index contributed by atoms with van der Waals surface area (Å²) in [4.78, 5) is 35.7. The van der Waals surface area contributed by atoms with E-state index in [1.165, 1.54) is 0 Å². The molecular weight excluding hydrogens is 453 g/mol. The number of nitrogens with one attached hydrogen (secondary N) is 2. The topological polar surface area (TPSA) is 114 Å². The van der Waals surface area contributed by atoms with Crippen molar-refractivity contribution in [3.63, 3.8) is 0 Å². The SMILES string of the molecule is CN1CCN(c2nc(Cl)nc(NNC(=O)[C@@H](CC3CCCC3)CN(O)C=O)c2F)C(C)(C)C1. The minimum absolute atomic E-state index is 0.0647. The number of hydrogen-bond donors (Lipinski definition) is 3. The molecule has 10 nitrogen and oxygen atoms in total. The fourth-order valence-electron chi connectivity index (χ4n) is 4.87. The van der Waals surface area contributed by atoms with E-state index in [1.807, 2.05) is 25.8 Å². The monoisotopic (exact) mass is 485 g/mol. The molecule has 1 saturated heterocycles. The summed E-state index contributed by atoms with van der Waals surface area (Å²) in [6.45, 7) is 5.84. The standard InChI is InChI=1S/C21H33ClFN7O3/c1-21(2)12-28(3)8-9-30(21)18-16(23)17(24-20(22)25-18)26-27-19(32)15(11-29(33)13-31)10-14-6-4-5-7-14/h13-15,33H,4-12H2,1-3H3,(H,27,32)(H,24,25,26)/t15-/m0/s1. The first kappa shape index (κ1) is 25.4. The third kappa shape index (κ3) is 6.42. The largest absolute Gasteiger partial charge is 0.346 e. The van der Waals surface area contributed by atoms with Gasteiger partial charge >= 0.3 is 0 Å². The molecule has 1 atom stereocenters. The molecule has 2 aliphatic rings. The third-order valence-corrected chi connectivity index (χ3v) is 6.62. The highest BCUT2D eigenvalue weighted by molar-refractivity contribution is 6.28. The van der Waals surface area contributed by atoms with Crippen LogP contribution in [0.2, 0.25) is 5.28 Å². The van der Waals surface area contributed by atoms with Gasteiger partial charge in [-0.05, 0) is 44.8 Å². The fraction of sp³-hybridized carbons (Fsp3) is 0.714. The van der Waals surface area contributed by atoms with Crippen LogP contribution in [0.1, 0.15) is 46.0 Å². The van der Waals surface area contributed by atoms with Crippen molar-refractivity contribution in [3.05, 3.63) is 11.1 Å². The van der Waals surface area contributed by atoms with E-state index >= 15 is 4.39 Å². The number of hydrazine groups is 1. The molecule has 12 heteroatoms. The normalized spacial score (nSPS) is 19.9. The number of likely N-dealkylation sites (N-methyl/N-ethyl adjacent to an activating group) is 1. The predicted molar refractivity (Wildman–Crippen MR) is 122 cm³/mol. The zero-order valence-electron chi connectivity index (χ0n) is 19.4. The maximum absolute atomic E-state index is 15.4. The Labute approximate surface area is 198 Å². The Morgan fingerprint density at radius 1 is 1.36 bits per heavy atom. The number of nitrogens with zero attached hydrogens (tertiary/aromatic N) is 5. The second kappa shape index (κ2) is 10.8. The summed E-state index contributed by atoms with van der Waals surface area (Å²) in [7, 11) is 2.00. The second-order valence-corrected chi connectivity index (χ2v) is 9.94. The van der Waals surface area contributed by atoms with Crippen LogP contribution in [0.3, 0.4) is 0 Å². The minimum atomic E-state index is -0.721. The molecule has 33 heavy (non-hydrogen) atoms. The first-order chi connectivity index (χ1) is 15.6. The van der Waals surface area contributed by atoms with Crippen molar-refractivity contribution in [2.75, 3.05) is 43.6 Å². The van der Waals surface area contributed by atoms with E-state index in [1.54, 1.807) is 0 Å². The van der Waals surface area contributed by atoms with Gasteiger partial charge in [0.05, 0.1) is 12.5 Å². The Morgan fingerprint density at radius 2 is 2.06 bits per heavy atom. The highest BCUT2D eigenvalue weighted by Gasteiger charge is 2.36. The van der Waals surface area contributed by atoms with E-state index in [0.29, 0.717) is 30.5 Å². The van der Waals surface area contributed by atoms with Gasteiger partial charge in [0.1, 0.15) is 0 Å². The van der Waals surface area contributed by atoms with Crippen molar-refractivity contribution in [2.24, 2.45) is 11.8 Å². The van der Waals surface area contributed by atoms with E-state index in [9.17, 15) is 14.8 Å². The first-order valence-electron chi connectivity index (χ1n) is 11.3. The van der Waals surface area contributed by atoms with Gasteiger partial charge in [-0.2, -0.15) is 14.4 Å². The number of anilines is 2. The number of carbonyl (C=O) groups is 2. The van der Waals surface area contributed by atoms with Gasteiger partial charge in [-0.3, -0.25) is 25.6 Å². The van der Waals surface area contributed by atoms with Crippen LogP contribution in [0.15, 0.2) is 0 Å². The average Bonchev–Trinajstić information content (AvgIpc) is 3.26. The van der Waals surface area contributed by atoms with Gasteiger partial charge in [0.15, 0.2) is 11.6 Å². The molecule has 0 radical (unpaired) electrons. The molecule has 1 saturated carbocycles. The maximum Gasteiger partial charge on any atom is 0.243 e. The smallest absolute Gasteiger partial charge is 0.243 e. The summed E-state index contributed by atoms with van der Waals surface area (Å²) in [5.41, 5.74) is 4.61. The van der Waals surface area contributed by atoms with Crippen molar-refractivity contribution in [1.82, 2.24) is 25.4 Å². The van der Waals surface area contributed by atoms with E-state index < -0.39 is 23.2 Å². The Morgan fingerprint density at radius 3 is 2.70 bits per heavy atom. The molecule has 3 N–H and O–H groups in total. The number of halogens is 2. The van der Waals surface area contributed by atoms with Crippen LogP contribution < -0.4 is 15.8 Å². The lowest BCUT2D eigenvalue weighted by molar-refractivity contribution is -0.154. The average molecular weight is 486 g/mol. The van der Waals surface area contributed by atoms with Crippen LogP contribution in [-0.4, -0.2) is 76.2 Å². The Hall–Kier alpha value is -2.24. The molecule has 0 bridgehead atoms. The van der Waals surface area contributed by atoms with Gasteiger partial charge in [0.2, 0.25) is 23.4 Å². The number of hydroxylamine groups is 2. The summed E-state index contributed by atoms with van der Waals surface area (Å²) in [6.07, 6.45) is 4.99. The molecule has 1 aliphatic heterocycles. The minimum Gasteiger partial charge on any atom is -0.346 e. The van der Waals surface area contributed by atoms with Crippen molar-refractivity contribution in [1.29, 1.82) is 0 Å². The molecule has 1 aliphatic carbocycles. The molecule has 184 valence electrons. The lowest BCUT2D eigenvalue weighted by Gasteiger charge is -2.46. The lowest BCUT2D eigenvalue weighted by atomic mass is 9.92. The first-order valence-corrected chi connectivity index (χ1v) is 11.6. The van der Waals surface area contributed by atoms with Gasteiger partial charge in [0.25, 0.3) is 0 Å². The third-order valence-electron chi connectivity index (χ3n) is 6.45. The van der Waals surface area contributed by atoms with E-state index in [2.05, 4.69) is 25.7 Å². The Kier molecular flexibility index (Phi) is 8.30. The van der Waals surface area contributed by atoms with Crippen LogP contribution >= 0.6 is 11.6 Å². The number of rotatable bonds is 9. The summed E-state index contributed by atoms with van der Waals surface area (Å²) >= 11 is 6.08. The zero-order chi connectivity index (χ0) is 24.2. The van der Waals surface area contributed by atoms with Crippen LogP contribution in [0.4, 0.5) is 16.0 Å². The Balaban J connectivity index is 1.74. The van der Waals surface area contributed by atoms with Crippen molar-refractivity contribution in [2.45, 2.75) is 51.5 Å². The van der Waals surface area contributed by atoms with Gasteiger partial charge in [0, 0.05) is 25.2 Å². The number of amides is 2. The summed E-state index contributed by atoms with van der Waals surface area (Å²) < 4.78 is 15.4. The molecule has 0 spiro atoms. The van der Waals surface area contributed by atoms with Crippen molar-refractivity contribution in [3.8, 4) is 0 Å². The lowest BCUT2D eigenvalue weighted by Crippen LogP contribution is -2.59. The maximum atomic E-state index is 15.4. The van der Waals surface area contributed by atoms with Gasteiger partial charge in [-0.25, -0.2) is 5.06 Å². The highest BCUT2D eigenvalue weighted by atomic mass is 35.5. The molecule has 3 rings (SSSR count). The number of carbonyl (C=O) groups excluding carboxylic acids is 2. The molecule has 1 aromatic rings. The van der Waals surface area contributed by atoms with Crippen LogP contribution in [0, 0.1) is 17.7 Å². The molecule has 2 heterocycles.